The Kier molecular flexibility index (Phi) is 7.23. The van der Waals surface area contributed by atoms with Gasteiger partial charge in [-0.25, -0.2) is 14.3 Å². The number of imidazole rings is 1. The van der Waals surface area contributed by atoms with Crippen molar-refractivity contribution >= 4 is 40.8 Å². The van der Waals surface area contributed by atoms with E-state index >= 15 is 0 Å². The molecule has 2 aliphatic rings. The van der Waals surface area contributed by atoms with Gasteiger partial charge >= 0.3 is 12.1 Å². The molecule has 1 aromatic carbocycles. The molecule has 4 rings (SSSR count). The summed E-state index contributed by atoms with van der Waals surface area (Å²) in [7, 11) is 0. The van der Waals surface area contributed by atoms with Crippen molar-refractivity contribution in [1.82, 2.24) is 9.55 Å². The number of esters is 1. The highest BCUT2D eigenvalue weighted by Gasteiger charge is 2.51. The number of morpholine rings is 1. The number of nitrogens with zero attached hydrogens (tertiary/aromatic N) is 4. The van der Waals surface area contributed by atoms with Gasteiger partial charge in [-0.05, 0) is 71.4 Å². The number of anilines is 1. The van der Waals surface area contributed by atoms with Crippen LogP contribution >= 0.6 is 0 Å². The van der Waals surface area contributed by atoms with Crippen molar-refractivity contribution in [2.75, 3.05) is 37.8 Å². The summed E-state index contributed by atoms with van der Waals surface area (Å²) in [6, 6.07) is 3.86. The molecule has 2 atom stereocenters. The first kappa shape index (κ1) is 26.5. The quantitative estimate of drug-likeness (QED) is 0.542. The highest BCUT2D eigenvalue weighted by atomic mass is 16.6. The zero-order chi connectivity index (χ0) is 27.0. The maximum Gasteiger partial charge on any atom is 0.420 e. The Balaban J connectivity index is 2.01. The van der Waals surface area contributed by atoms with E-state index in [1.807, 2.05) is 19.1 Å². The van der Waals surface area contributed by atoms with Gasteiger partial charge in [0.25, 0.3) is 0 Å². The number of aromatic nitrogens is 2. The van der Waals surface area contributed by atoms with Crippen LogP contribution in [0.3, 0.4) is 0 Å². The maximum absolute atomic E-state index is 13.7. The molecule has 10 heteroatoms. The number of aryl methyl sites for hydroxylation is 1. The second kappa shape index (κ2) is 10.1. The number of aliphatic imine (C=N–C) groups is 1. The number of carbonyl (C=O) groups excluding carboxylic acids is 3. The molecule has 1 aromatic heterocycles. The standard InChI is InChI=1S/C27H34N4O6/c1-7-36-24(33)21(27(18(3)32)9-8-10-28-27)23-29-22-17(2)15-19(30-11-13-35-14-12-30)16-20(22)31(23)25(34)37-26(4,5)6/h8-10,15-16,21H,7,11-14H2,1-6H3. The summed E-state index contributed by atoms with van der Waals surface area (Å²) in [6.07, 6.45) is 3.93. The fourth-order valence-electron chi connectivity index (χ4n) is 4.73. The van der Waals surface area contributed by atoms with Gasteiger partial charge in [0, 0.05) is 25.0 Å². The summed E-state index contributed by atoms with van der Waals surface area (Å²) < 4.78 is 18.0. The van der Waals surface area contributed by atoms with E-state index in [1.165, 1.54) is 17.7 Å². The van der Waals surface area contributed by atoms with Crippen molar-refractivity contribution in [1.29, 1.82) is 0 Å². The molecule has 37 heavy (non-hydrogen) atoms. The van der Waals surface area contributed by atoms with Gasteiger partial charge in [-0.3, -0.25) is 14.6 Å². The third-order valence-electron chi connectivity index (χ3n) is 6.42. The minimum absolute atomic E-state index is 0.0452. The molecule has 0 amide bonds. The summed E-state index contributed by atoms with van der Waals surface area (Å²) in [5, 5.41) is 0. The van der Waals surface area contributed by atoms with E-state index in [1.54, 1.807) is 39.8 Å². The number of ether oxygens (including phenoxy) is 3. The number of rotatable bonds is 6. The van der Waals surface area contributed by atoms with E-state index in [4.69, 9.17) is 19.2 Å². The zero-order valence-electron chi connectivity index (χ0n) is 22.2. The number of fused-ring (bicyclic) bond motifs is 1. The van der Waals surface area contributed by atoms with Crippen LogP contribution in [0.4, 0.5) is 10.5 Å². The molecule has 3 heterocycles. The number of allylic oxidation sites excluding steroid dienone is 1. The lowest BCUT2D eigenvalue weighted by Crippen LogP contribution is -2.45. The van der Waals surface area contributed by atoms with Gasteiger partial charge in [-0.15, -0.1) is 0 Å². The van der Waals surface area contributed by atoms with Crippen molar-refractivity contribution in [3.05, 3.63) is 35.7 Å². The predicted molar refractivity (Wildman–Crippen MR) is 140 cm³/mol. The summed E-state index contributed by atoms with van der Waals surface area (Å²) in [4.78, 5) is 51.5. The van der Waals surface area contributed by atoms with Gasteiger partial charge in [-0.1, -0.05) is 0 Å². The minimum Gasteiger partial charge on any atom is -0.465 e. The first-order valence-corrected chi connectivity index (χ1v) is 12.5. The lowest BCUT2D eigenvalue weighted by Gasteiger charge is -2.30. The summed E-state index contributed by atoms with van der Waals surface area (Å²) >= 11 is 0. The first-order valence-electron chi connectivity index (χ1n) is 12.5. The molecule has 2 aliphatic heterocycles. The molecule has 0 N–H and O–H groups in total. The van der Waals surface area contributed by atoms with Crippen LogP contribution in [-0.2, 0) is 23.8 Å². The van der Waals surface area contributed by atoms with Crippen LogP contribution in [0.15, 0.2) is 29.3 Å². The van der Waals surface area contributed by atoms with Crippen LogP contribution in [0.1, 0.15) is 51.9 Å². The first-order chi connectivity index (χ1) is 17.5. The summed E-state index contributed by atoms with van der Waals surface area (Å²) in [5.41, 5.74) is 0.311. The number of carbonyl (C=O) groups is 3. The molecular formula is C27H34N4O6. The van der Waals surface area contributed by atoms with Gasteiger partial charge in [0.05, 0.1) is 30.9 Å². The Morgan fingerprint density at radius 3 is 2.46 bits per heavy atom. The van der Waals surface area contributed by atoms with Crippen molar-refractivity contribution in [3.8, 4) is 0 Å². The second-order valence-corrected chi connectivity index (χ2v) is 10.2. The molecule has 1 saturated heterocycles. The smallest absolute Gasteiger partial charge is 0.420 e. The Morgan fingerprint density at radius 1 is 1.19 bits per heavy atom. The molecule has 198 valence electrons. The molecule has 0 aliphatic carbocycles. The summed E-state index contributed by atoms with van der Waals surface area (Å²) in [5.74, 6) is -2.33. The van der Waals surface area contributed by atoms with Crippen LogP contribution in [0.25, 0.3) is 11.0 Å². The van der Waals surface area contributed by atoms with Crippen molar-refractivity contribution in [3.63, 3.8) is 0 Å². The number of hydrogen-bond donors (Lipinski definition) is 0. The molecule has 0 radical (unpaired) electrons. The third-order valence-corrected chi connectivity index (χ3v) is 6.42. The molecular weight excluding hydrogens is 476 g/mol. The van der Waals surface area contributed by atoms with Crippen LogP contribution in [0.2, 0.25) is 0 Å². The molecule has 1 fully saturated rings. The van der Waals surface area contributed by atoms with Gasteiger partial charge < -0.3 is 19.1 Å². The number of ketones is 1. The Morgan fingerprint density at radius 2 is 1.89 bits per heavy atom. The molecule has 2 unspecified atom stereocenters. The largest absolute Gasteiger partial charge is 0.465 e. The van der Waals surface area contributed by atoms with Crippen molar-refractivity contribution in [2.45, 2.75) is 58.6 Å². The van der Waals surface area contributed by atoms with E-state index in [0.29, 0.717) is 37.3 Å². The highest BCUT2D eigenvalue weighted by Crippen LogP contribution is 2.39. The topological polar surface area (TPSA) is 112 Å². The van der Waals surface area contributed by atoms with Gasteiger partial charge in [0.2, 0.25) is 0 Å². The van der Waals surface area contributed by atoms with E-state index in [9.17, 15) is 14.4 Å². The van der Waals surface area contributed by atoms with Crippen LogP contribution in [0.5, 0.6) is 0 Å². The average Bonchev–Trinajstić information content (AvgIpc) is 3.45. The second-order valence-electron chi connectivity index (χ2n) is 10.2. The minimum atomic E-state index is -1.59. The Labute approximate surface area is 216 Å². The van der Waals surface area contributed by atoms with Gasteiger partial charge in [0.15, 0.2) is 17.2 Å². The fraction of sp³-hybridized carbons (Fsp3) is 0.519. The lowest BCUT2D eigenvalue weighted by molar-refractivity contribution is -0.148. The SMILES string of the molecule is CCOC(=O)C(c1nc2c(C)cc(N3CCOCC3)cc2n1C(=O)OC(C)(C)C)C1(C(C)=O)C=CC=N1. The zero-order valence-corrected chi connectivity index (χ0v) is 22.2. The van der Waals surface area contributed by atoms with E-state index in [2.05, 4.69) is 9.89 Å². The van der Waals surface area contributed by atoms with Crippen LogP contribution in [0, 0.1) is 6.92 Å². The number of Topliss-reactive ketones (excluding diaryl/α,β-unsaturated/α-hetero) is 1. The summed E-state index contributed by atoms with van der Waals surface area (Å²) in [6.45, 7) is 12.9. The number of hydrogen-bond acceptors (Lipinski definition) is 9. The van der Waals surface area contributed by atoms with Gasteiger partial charge in [0.1, 0.15) is 11.4 Å². The van der Waals surface area contributed by atoms with Crippen molar-refractivity contribution < 1.29 is 28.6 Å². The predicted octanol–water partition coefficient (Wildman–Crippen LogP) is 3.58. The van der Waals surface area contributed by atoms with Crippen LogP contribution in [-0.4, -0.2) is 77.7 Å². The fourth-order valence-corrected chi connectivity index (χ4v) is 4.73. The van der Waals surface area contributed by atoms with E-state index < -0.39 is 29.1 Å². The maximum atomic E-state index is 13.7. The van der Waals surface area contributed by atoms with Crippen molar-refractivity contribution in [2.24, 2.45) is 4.99 Å². The molecule has 10 nitrogen and oxygen atoms in total. The van der Waals surface area contributed by atoms with E-state index in [-0.39, 0.29) is 18.2 Å². The number of benzene rings is 1. The Bertz CT molecular complexity index is 1270. The van der Waals surface area contributed by atoms with Crippen LogP contribution < -0.4 is 4.90 Å². The molecule has 0 spiro atoms. The molecule has 2 aromatic rings. The monoisotopic (exact) mass is 510 g/mol. The van der Waals surface area contributed by atoms with E-state index in [0.717, 1.165) is 11.3 Å². The average molecular weight is 511 g/mol. The third kappa shape index (κ3) is 5.02. The highest BCUT2D eigenvalue weighted by molar-refractivity contribution is 6.02. The van der Waals surface area contributed by atoms with Gasteiger partial charge in [-0.2, -0.15) is 0 Å². The lowest BCUT2D eigenvalue weighted by atomic mass is 9.80. The molecule has 0 saturated carbocycles. The normalized spacial score (nSPS) is 20.3. The Hall–Kier alpha value is -3.53. The molecule has 0 bridgehead atoms.